The molecule has 0 amide bonds. The molecule has 6 nitrogen and oxygen atoms in total. The highest BCUT2D eigenvalue weighted by atomic mass is 16.4. The molecule has 2 heterocycles. The van der Waals surface area contributed by atoms with E-state index >= 15 is 0 Å². The number of aliphatic hydroxyl groups is 1. The Morgan fingerprint density at radius 2 is 1.69 bits per heavy atom. The molecule has 1 aromatic heterocycles. The monoisotopic (exact) mass is 403 g/mol. The third-order valence-corrected chi connectivity index (χ3v) is 6.75. The number of unbranched alkanes of at least 4 members (excludes halogenated alkanes) is 3. The lowest BCUT2D eigenvalue weighted by Gasteiger charge is -2.36. The van der Waals surface area contributed by atoms with Crippen LogP contribution in [0.1, 0.15) is 64.2 Å². The molecule has 6 heteroatoms. The average molecular weight is 404 g/mol. The van der Waals surface area contributed by atoms with Crippen molar-refractivity contribution in [2.24, 2.45) is 5.92 Å². The third kappa shape index (κ3) is 7.27. The number of aliphatic carboxylic acids is 1. The second kappa shape index (κ2) is 10.9. The van der Waals surface area contributed by atoms with Gasteiger partial charge in [-0.3, -0.25) is 14.7 Å². The van der Waals surface area contributed by atoms with Crippen LogP contribution in [-0.2, 0) is 4.79 Å². The number of carbonyl (C=O) groups is 1. The molecule has 0 spiro atoms. The summed E-state index contributed by atoms with van der Waals surface area (Å²) in [4.78, 5) is 20.0. The van der Waals surface area contributed by atoms with Gasteiger partial charge in [-0.05, 0) is 56.7 Å². The number of nitrogens with zero attached hydrogens (tertiary/aromatic N) is 3. The minimum absolute atomic E-state index is 0.101. The number of hydrogen-bond donors (Lipinski definition) is 2. The van der Waals surface area contributed by atoms with E-state index in [1.807, 2.05) is 12.4 Å². The molecule has 0 aromatic carbocycles. The van der Waals surface area contributed by atoms with Crippen LogP contribution in [-0.4, -0.2) is 64.4 Å². The molecular weight excluding hydrogens is 366 g/mol. The van der Waals surface area contributed by atoms with Gasteiger partial charge in [-0.25, -0.2) is 0 Å². The highest BCUT2D eigenvalue weighted by Crippen LogP contribution is 2.36. The summed E-state index contributed by atoms with van der Waals surface area (Å²) in [5.74, 6) is -0.213. The van der Waals surface area contributed by atoms with Gasteiger partial charge in [0.15, 0.2) is 0 Å². The van der Waals surface area contributed by atoms with Gasteiger partial charge in [0, 0.05) is 44.3 Å². The fraction of sp³-hybridized carbons (Fsp3) is 0.739. The molecule has 0 atom stereocenters. The number of carboxylic acid groups (broad SMARTS) is 1. The lowest BCUT2D eigenvalue weighted by Crippen LogP contribution is -2.46. The normalized spacial score (nSPS) is 25.8. The van der Waals surface area contributed by atoms with E-state index < -0.39 is 11.6 Å². The number of hydrogen-bond acceptors (Lipinski definition) is 5. The summed E-state index contributed by atoms with van der Waals surface area (Å²) in [6.45, 7) is 5.68. The highest BCUT2D eigenvalue weighted by Gasteiger charge is 2.34. The molecule has 2 fully saturated rings. The largest absolute Gasteiger partial charge is 0.481 e. The number of rotatable bonds is 10. The molecule has 162 valence electrons. The van der Waals surface area contributed by atoms with Crippen molar-refractivity contribution in [3.8, 4) is 0 Å². The molecule has 1 aliphatic carbocycles. The quantitative estimate of drug-likeness (QED) is 0.582. The Bertz CT molecular complexity index is 609. The van der Waals surface area contributed by atoms with E-state index in [0.29, 0.717) is 18.8 Å². The van der Waals surface area contributed by atoms with Crippen molar-refractivity contribution in [1.29, 1.82) is 0 Å². The first kappa shape index (κ1) is 22.0. The first-order valence-electron chi connectivity index (χ1n) is 11.4. The average Bonchev–Trinajstić information content (AvgIpc) is 2.72. The molecular formula is C23H37N3O3. The fourth-order valence-corrected chi connectivity index (χ4v) is 4.87. The number of anilines is 1. The Morgan fingerprint density at radius 1 is 1.03 bits per heavy atom. The Balaban J connectivity index is 1.20. The fourth-order valence-electron chi connectivity index (χ4n) is 4.87. The van der Waals surface area contributed by atoms with E-state index in [2.05, 4.69) is 26.9 Å². The topological polar surface area (TPSA) is 76.9 Å². The first-order chi connectivity index (χ1) is 14.0. The van der Waals surface area contributed by atoms with Crippen molar-refractivity contribution in [1.82, 2.24) is 9.88 Å². The van der Waals surface area contributed by atoms with Gasteiger partial charge >= 0.3 is 5.97 Å². The van der Waals surface area contributed by atoms with E-state index in [-0.39, 0.29) is 6.42 Å². The summed E-state index contributed by atoms with van der Waals surface area (Å²) >= 11 is 0. The molecule has 0 unspecified atom stereocenters. The van der Waals surface area contributed by atoms with Crippen molar-refractivity contribution in [2.45, 2.75) is 69.8 Å². The summed E-state index contributed by atoms with van der Waals surface area (Å²) in [5, 5.41) is 19.2. The maximum Gasteiger partial charge on any atom is 0.306 e. The molecule has 2 aliphatic rings. The summed E-state index contributed by atoms with van der Waals surface area (Å²) in [6.07, 6.45) is 13.2. The molecule has 3 rings (SSSR count). The summed E-state index contributed by atoms with van der Waals surface area (Å²) in [5.41, 5.74) is 0.327. The van der Waals surface area contributed by atoms with Crippen LogP contribution < -0.4 is 4.90 Å². The van der Waals surface area contributed by atoms with Crippen molar-refractivity contribution >= 4 is 11.7 Å². The predicted molar refractivity (Wildman–Crippen MR) is 115 cm³/mol. The summed E-state index contributed by atoms with van der Waals surface area (Å²) in [7, 11) is 0. The van der Waals surface area contributed by atoms with Gasteiger partial charge in [-0.1, -0.05) is 25.7 Å². The smallest absolute Gasteiger partial charge is 0.306 e. The van der Waals surface area contributed by atoms with Gasteiger partial charge in [0.25, 0.3) is 0 Å². The SMILES string of the molecule is O=C(O)CC1(O)CCC(CCCCCCN2CCN(c3ccncc3)CC2)CC1. The number of piperazine rings is 1. The van der Waals surface area contributed by atoms with Crippen LogP contribution in [0, 0.1) is 5.92 Å². The zero-order chi connectivity index (χ0) is 20.5. The molecule has 2 N–H and O–H groups in total. The molecule has 1 aliphatic heterocycles. The molecule has 29 heavy (non-hydrogen) atoms. The van der Waals surface area contributed by atoms with Crippen molar-refractivity contribution in [3.05, 3.63) is 24.5 Å². The molecule has 0 radical (unpaired) electrons. The first-order valence-corrected chi connectivity index (χ1v) is 11.4. The molecule has 1 aromatic rings. The summed E-state index contributed by atoms with van der Waals surface area (Å²) in [6, 6.07) is 4.18. The highest BCUT2D eigenvalue weighted by molar-refractivity contribution is 5.68. The zero-order valence-electron chi connectivity index (χ0n) is 17.6. The Morgan fingerprint density at radius 3 is 2.34 bits per heavy atom. The van der Waals surface area contributed by atoms with Crippen LogP contribution >= 0.6 is 0 Å². The van der Waals surface area contributed by atoms with Gasteiger partial charge in [-0.2, -0.15) is 0 Å². The minimum Gasteiger partial charge on any atom is -0.481 e. The second-order valence-electron chi connectivity index (χ2n) is 8.98. The van der Waals surface area contributed by atoms with Crippen LogP contribution in [0.4, 0.5) is 5.69 Å². The Kier molecular flexibility index (Phi) is 8.30. The Labute approximate surface area is 174 Å². The molecule has 0 bridgehead atoms. The standard InChI is InChI=1S/C23H37N3O3/c27-22(28)19-23(29)10-6-20(7-11-23)5-3-1-2-4-14-25-15-17-26(18-16-25)21-8-12-24-13-9-21/h8-9,12-13,20,29H,1-7,10-11,14-19H2,(H,27,28). The molecule has 1 saturated carbocycles. The maximum atomic E-state index is 10.9. The lowest BCUT2D eigenvalue weighted by molar-refractivity contribution is -0.144. The van der Waals surface area contributed by atoms with Crippen molar-refractivity contribution in [2.75, 3.05) is 37.6 Å². The summed E-state index contributed by atoms with van der Waals surface area (Å²) < 4.78 is 0. The third-order valence-electron chi connectivity index (χ3n) is 6.75. The Hall–Kier alpha value is -1.66. The lowest BCUT2D eigenvalue weighted by atomic mass is 9.75. The van der Waals surface area contributed by atoms with E-state index in [1.165, 1.54) is 44.3 Å². The zero-order valence-corrected chi connectivity index (χ0v) is 17.6. The minimum atomic E-state index is -0.955. The van der Waals surface area contributed by atoms with E-state index in [9.17, 15) is 9.90 Å². The number of aromatic nitrogens is 1. The van der Waals surface area contributed by atoms with E-state index in [4.69, 9.17) is 5.11 Å². The second-order valence-corrected chi connectivity index (χ2v) is 8.98. The van der Waals surface area contributed by atoms with Gasteiger partial charge in [0.05, 0.1) is 12.0 Å². The van der Waals surface area contributed by atoms with Crippen LogP contribution in [0.25, 0.3) is 0 Å². The van der Waals surface area contributed by atoms with Crippen LogP contribution in [0.3, 0.4) is 0 Å². The van der Waals surface area contributed by atoms with Crippen molar-refractivity contribution < 1.29 is 15.0 Å². The van der Waals surface area contributed by atoms with E-state index in [1.54, 1.807) is 0 Å². The van der Waals surface area contributed by atoms with Crippen LogP contribution in [0.2, 0.25) is 0 Å². The van der Waals surface area contributed by atoms with Gasteiger partial charge in [0.1, 0.15) is 0 Å². The van der Waals surface area contributed by atoms with Crippen molar-refractivity contribution in [3.63, 3.8) is 0 Å². The maximum absolute atomic E-state index is 10.9. The predicted octanol–water partition coefficient (Wildman–Crippen LogP) is 3.55. The van der Waals surface area contributed by atoms with E-state index in [0.717, 1.165) is 39.0 Å². The van der Waals surface area contributed by atoms with Crippen LogP contribution in [0.15, 0.2) is 24.5 Å². The van der Waals surface area contributed by atoms with Gasteiger partial charge < -0.3 is 15.1 Å². The van der Waals surface area contributed by atoms with Gasteiger partial charge in [0.2, 0.25) is 0 Å². The van der Waals surface area contributed by atoms with Gasteiger partial charge in [-0.15, -0.1) is 0 Å². The van der Waals surface area contributed by atoms with Crippen LogP contribution in [0.5, 0.6) is 0 Å². The molecule has 1 saturated heterocycles. The number of carboxylic acids is 1. The number of pyridine rings is 1.